The molecule has 0 aliphatic rings. The SMILES string of the molecule is COc1ccccc1-c1occc1CO. The molecule has 15 heavy (non-hydrogen) atoms. The van der Waals surface area contributed by atoms with Crippen molar-refractivity contribution in [1.82, 2.24) is 0 Å². The summed E-state index contributed by atoms with van der Waals surface area (Å²) in [5.41, 5.74) is 1.62. The highest BCUT2D eigenvalue weighted by Gasteiger charge is 2.12. The summed E-state index contributed by atoms with van der Waals surface area (Å²) in [6.45, 7) is -0.0378. The third-order valence-electron chi connectivity index (χ3n) is 2.27. The van der Waals surface area contributed by atoms with Crippen LogP contribution < -0.4 is 4.74 Å². The number of ether oxygens (including phenoxy) is 1. The van der Waals surface area contributed by atoms with Crippen molar-refractivity contribution in [2.24, 2.45) is 0 Å². The normalized spacial score (nSPS) is 10.3. The molecule has 0 radical (unpaired) electrons. The maximum atomic E-state index is 9.13. The monoisotopic (exact) mass is 204 g/mol. The molecule has 0 saturated carbocycles. The average Bonchev–Trinajstić information content (AvgIpc) is 2.76. The number of methoxy groups -OCH3 is 1. The van der Waals surface area contributed by atoms with Crippen LogP contribution in [0.5, 0.6) is 5.75 Å². The summed E-state index contributed by atoms with van der Waals surface area (Å²) in [6, 6.07) is 9.31. The molecule has 1 N–H and O–H groups in total. The van der Waals surface area contributed by atoms with Crippen molar-refractivity contribution in [2.45, 2.75) is 6.61 Å². The Morgan fingerprint density at radius 2 is 2.07 bits per heavy atom. The minimum atomic E-state index is -0.0378. The Balaban J connectivity index is 2.53. The van der Waals surface area contributed by atoms with Crippen LogP contribution in [0.25, 0.3) is 11.3 Å². The molecule has 1 heterocycles. The molecule has 1 aromatic heterocycles. The van der Waals surface area contributed by atoms with Crippen LogP contribution >= 0.6 is 0 Å². The highest BCUT2D eigenvalue weighted by molar-refractivity contribution is 5.68. The maximum Gasteiger partial charge on any atom is 0.143 e. The first kappa shape index (κ1) is 9.80. The number of hydrogen-bond donors (Lipinski definition) is 1. The van der Waals surface area contributed by atoms with Crippen molar-refractivity contribution < 1.29 is 14.3 Å². The second-order valence-electron chi connectivity index (χ2n) is 3.13. The molecule has 2 rings (SSSR count). The highest BCUT2D eigenvalue weighted by Crippen LogP contribution is 2.32. The van der Waals surface area contributed by atoms with Gasteiger partial charge < -0.3 is 14.3 Å². The van der Waals surface area contributed by atoms with E-state index in [2.05, 4.69) is 0 Å². The van der Waals surface area contributed by atoms with Crippen LogP contribution in [0, 0.1) is 0 Å². The van der Waals surface area contributed by atoms with Crippen LogP contribution in [0.1, 0.15) is 5.56 Å². The first-order chi connectivity index (χ1) is 7.36. The number of para-hydroxylation sites is 1. The van der Waals surface area contributed by atoms with E-state index < -0.39 is 0 Å². The van der Waals surface area contributed by atoms with Crippen molar-refractivity contribution >= 4 is 0 Å². The summed E-state index contributed by atoms with van der Waals surface area (Å²) in [6.07, 6.45) is 1.56. The Labute approximate surface area is 87.9 Å². The fraction of sp³-hybridized carbons (Fsp3) is 0.167. The van der Waals surface area contributed by atoms with Gasteiger partial charge >= 0.3 is 0 Å². The molecule has 0 fully saturated rings. The van der Waals surface area contributed by atoms with Gasteiger partial charge in [0.25, 0.3) is 0 Å². The molecule has 0 saturated heterocycles. The minimum absolute atomic E-state index is 0.0378. The molecule has 0 aliphatic carbocycles. The Morgan fingerprint density at radius 1 is 1.27 bits per heavy atom. The van der Waals surface area contributed by atoms with Crippen molar-refractivity contribution in [3.05, 3.63) is 42.2 Å². The predicted molar refractivity (Wildman–Crippen MR) is 56.6 cm³/mol. The third kappa shape index (κ3) is 1.74. The van der Waals surface area contributed by atoms with Crippen molar-refractivity contribution in [3.8, 4) is 17.1 Å². The van der Waals surface area contributed by atoms with Crippen LogP contribution in [-0.2, 0) is 6.61 Å². The second-order valence-corrected chi connectivity index (χ2v) is 3.13. The lowest BCUT2D eigenvalue weighted by Crippen LogP contribution is -1.89. The topological polar surface area (TPSA) is 42.6 Å². The van der Waals surface area contributed by atoms with Gasteiger partial charge in [-0.15, -0.1) is 0 Å². The zero-order chi connectivity index (χ0) is 10.7. The number of furan rings is 1. The third-order valence-corrected chi connectivity index (χ3v) is 2.27. The van der Waals surface area contributed by atoms with E-state index in [0.717, 1.165) is 16.9 Å². The van der Waals surface area contributed by atoms with Gasteiger partial charge in [0.15, 0.2) is 0 Å². The Hall–Kier alpha value is -1.74. The molecular weight excluding hydrogens is 192 g/mol. The smallest absolute Gasteiger partial charge is 0.143 e. The van der Waals surface area contributed by atoms with Gasteiger partial charge in [0.05, 0.1) is 25.5 Å². The van der Waals surface area contributed by atoms with E-state index in [0.29, 0.717) is 5.76 Å². The number of hydrogen-bond acceptors (Lipinski definition) is 3. The molecule has 0 spiro atoms. The van der Waals surface area contributed by atoms with Crippen molar-refractivity contribution in [2.75, 3.05) is 7.11 Å². The van der Waals surface area contributed by atoms with E-state index in [1.54, 1.807) is 19.4 Å². The predicted octanol–water partition coefficient (Wildman–Crippen LogP) is 2.45. The van der Waals surface area contributed by atoms with Gasteiger partial charge in [-0.1, -0.05) is 12.1 Å². The summed E-state index contributed by atoms with van der Waals surface area (Å²) in [5, 5.41) is 9.13. The first-order valence-corrected chi connectivity index (χ1v) is 4.67. The summed E-state index contributed by atoms with van der Waals surface area (Å²) in [5.74, 6) is 1.40. The lowest BCUT2D eigenvalue weighted by Gasteiger charge is -2.06. The van der Waals surface area contributed by atoms with E-state index in [-0.39, 0.29) is 6.61 Å². The molecule has 0 aliphatic heterocycles. The molecule has 78 valence electrons. The summed E-state index contributed by atoms with van der Waals surface area (Å²) >= 11 is 0. The van der Waals surface area contributed by atoms with E-state index in [4.69, 9.17) is 14.3 Å². The summed E-state index contributed by atoms with van der Waals surface area (Å²) in [4.78, 5) is 0. The molecule has 0 atom stereocenters. The van der Waals surface area contributed by atoms with Gasteiger partial charge in [0, 0.05) is 5.56 Å². The number of aliphatic hydroxyl groups is 1. The van der Waals surface area contributed by atoms with E-state index in [1.807, 2.05) is 24.3 Å². The Kier molecular flexibility index (Phi) is 2.74. The lowest BCUT2D eigenvalue weighted by molar-refractivity contribution is 0.281. The van der Waals surface area contributed by atoms with Gasteiger partial charge in [0.2, 0.25) is 0 Å². The van der Waals surface area contributed by atoms with Gasteiger partial charge in [-0.05, 0) is 18.2 Å². The molecule has 3 heteroatoms. The van der Waals surface area contributed by atoms with Crippen LogP contribution in [0.15, 0.2) is 41.0 Å². The van der Waals surface area contributed by atoms with Crippen LogP contribution in [0.3, 0.4) is 0 Å². The zero-order valence-corrected chi connectivity index (χ0v) is 8.43. The van der Waals surface area contributed by atoms with E-state index >= 15 is 0 Å². The van der Waals surface area contributed by atoms with Crippen molar-refractivity contribution in [1.29, 1.82) is 0 Å². The number of benzene rings is 1. The molecule has 0 amide bonds. The van der Waals surface area contributed by atoms with Gasteiger partial charge in [-0.2, -0.15) is 0 Å². The molecule has 1 aromatic carbocycles. The molecule has 0 unspecified atom stereocenters. The second kappa shape index (κ2) is 4.19. The largest absolute Gasteiger partial charge is 0.496 e. The first-order valence-electron chi connectivity index (χ1n) is 4.67. The van der Waals surface area contributed by atoms with E-state index in [9.17, 15) is 0 Å². The van der Waals surface area contributed by atoms with Crippen LogP contribution in [-0.4, -0.2) is 12.2 Å². The van der Waals surface area contributed by atoms with Crippen LogP contribution in [0.4, 0.5) is 0 Å². The molecule has 0 bridgehead atoms. The highest BCUT2D eigenvalue weighted by atomic mass is 16.5. The van der Waals surface area contributed by atoms with Crippen LogP contribution in [0.2, 0.25) is 0 Å². The lowest BCUT2D eigenvalue weighted by atomic mass is 10.1. The number of rotatable bonds is 3. The Bertz CT molecular complexity index is 446. The van der Waals surface area contributed by atoms with Crippen molar-refractivity contribution in [3.63, 3.8) is 0 Å². The molecular formula is C12H12O3. The standard InChI is InChI=1S/C12H12O3/c1-14-11-5-3-2-4-10(11)12-9(8-13)6-7-15-12/h2-7,13H,8H2,1H3. The fourth-order valence-corrected chi connectivity index (χ4v) is 1.53. The molecule has 3 nitrogen and oxygen atoms in total. The summed E-state index contributed by atoms with van der Waals surface area (Å²) < 4.78 is 10.6. The fourth-order valence-electron chi connectivity index (χ4n) is 1.53. The Morgan fingerprint density at radius 3 is 2.80 bits per heavy atom. The quantitative estimate of drug-likeness (QED) is 0.835. The minimum Gasteiger partial charge on any atom is -0.496 e. The zero-order valence-electron chi connectivity index (χ0n) is 8.43. The average molecular weight is 204 g/mol. The maximum absolute atomic E-state index is 9.13. The van der Waals surface area contributed by atoms with Gasteiger partial charge in [-0.3, -0.25) is 0 Å². The van der Waals surface area contributed by atoms with Gasteiger partial charge in [0.1, 0.15) is 11.5 Å². The summed E-state index contributed by atoms with van der Waals surface area (Å²) in [7, 11) is 1.61. The molecule has 2 aromatic rings. The van der Waals surface area contributed by atoms with Gasteiger partial charge in [-0.25, -0.2) is 0 Å². The van der Waals surface area contributed by atoms with E-state index in [1.165, 1.54) is 0 Å². The number of aliphatic hydroxyl groups excluding tert-OH is 1.